The van der Waals surface area contributed by atoms with E-state index in [1.165, 1.54) is 6.92 Å². The lowest BCUT2D eigenvalue weighted by Gasteiger charge is -2.32. The highest BCUT2D eigenvalue weighted by molar-refractivity contribution is 5.85. The first-order chi connectivity index (χ1) is 17.9. The Morgan fingerprint density at radius 2 is 1.73 bits per heavy atom. The van der Waals surface area contributed by atoms with Gasteiger partial charge in [-0.3, -0.25) is 9.59 Å². The van der Waals surface area contributed by atoms with Crippen LogP contribution in [0.5, 0.6) is 0 Å². The van der Waals surface area contributed by atoms with Gasteiger partial charge < -0.3 is 20.1 Å². The van der Waals surface area contributed by atoms with Crippen LogP contribution in [0.3, 0.4) is 0 Å². The molecular formula is C31H32N4O2. The quantitative estimate of drug-likeness (QED) is 0.361. The monoisotopic (exact) mass is 492 g/mol. The van der Waals surface area contributed by atoms with Crippen LogP contribution in [0.15, 0.2) is 85.2 Å². The number of aromatic nitrogens is 1. The summed E-state index contributed by atoms with van der Waals surface area (Å²) in [6.45, 7) is 1.99. The minimum Gasteiger partial charge on any atom is -0.378 e. The van der Waals surface area contributed by atoms with E-state index >= 15 is 0 Å². The Hall–Kier alpha value is -4.32. The lowest BCUT2D eigenvalue weighted by molar-refractivity contribution is -0.129. The van der Waals surface area contributed by atoms with E-state index in [-0.39, 0.29) is 30.2 Å². The molecule has 6 heteroatoms. The van der Waals surface area contributed by atoms with Gasteiger partial charge in [0.15, 0.2) is 0 Å². The summed E-state index contributed by atoms with van der Waals surface area (Å²) in [6.07, 6.45) is 5.95. The summed E-state index contributed by atoms with van der Waals surface area (Å²) in [5.41, 5.74) is 6.50. The number of aromatic amines is 1. The highest BCUT2D eigenvalue weighted by Crippen LogP contribution is 2.34. The van der Waals surface area contributed by atoms with Crippen LogP contribution in [-0.4, -0.2) is 42.3 Å². The number of nitrogens with one attached hydrogen (secondary N) is 2. The van der Waals surface area contributed by atoms with Gasteiger partial charge in [0.25, 0.3) is 0 Å². The zero-order valence-electron chi connectivity index (χ0n) is 21.4. The molecule has 0 fully saturated rings. The second kappa shape index (κ2) is 10.3. The first-order valence-corrected chi connectivity index (χ1v) is 12.6. The van der Waals surface area contributed by atoms with E-state index < -0.39 is 0 Å². The molecule has 1 aromatic heterocycles. The van der Waals surface area contributed by atoms with Gasteiger partial charge in [0, 0.05) is 62.5 Å². The van der Waals surface area contributed by atoms with Crippen molar-refractivity contribution in [2.24, 2.45) is 0 Å². The summed E-state index contributed by atoms with van der Waals surface area (Å²) in [7, 11) is 4.05. The fourth-order valence-electron chi connectivity index (χ4n) is 5.17. The van der Waals surface area contributed by atoms with Gasteiger partial charge in [-0.2, -0.15) is 0 Å². The predicted octanol–water partition coefficient (Wildman–Crippen LogP) is 5.45. The molecule has 2 N–H and O–H groups in total. The molecule has 5 rings (SSSR count). The normalized spacial score (nSPS) is 15.3. The zero-order valence-corrected chi connectivity index (χ0v) is 21.4. The van der Waals surface area contributed by atoms with Gasteiger partial charge in [-0.1, -0.05) is 54.6 Å². The molecule has 37 heavy (non-hydrogen) atoms. The van der Waals surface area contributed by atoms with Gasteiger partial charge in [0.2, 0.25) is 11.8 Å². The zero-order chi connectivity index (χ0) is 25.9. The number of hydrogen-bond acceptors (Lipinski definition) is 3. The molecular weight excluding hydrogens is 460 g/mol. The smallest absolute Gasteiger partial charge is 0.223 e. The van der Waals surface area contributed by atoms with Crippen molar-refractivity contribution in [3.8, 4) is 0 Å². The largest absolute Gasteiger partial charge is 0.378 e. The summed E-state index contributed by atoms with van der Waals surface area (Å²) in [5.74, 6) is -0.198. The maximum Gasteiger partial charge on any atom is 0.223 e. The molecule has 0 unspecified atom stereocenters. The van der Waals surface area contributed by atoms with Crippen LogP contribution in [0.2, 0.25) is 0 Å². The lowest BCUT2D eigenvalue weighted by atomic mass is 9.90. The highest BCUT2D eigenvalue weighted by Gasteiger charge is 2.28. The fourth-order valence-corrected chi connectivity index (χ4v) is 5.17. The van der Waals surface area contributed by atoms with Crippen molar-refractivity contribution in [1.29, 1.82) is 0 Å². The first-order valence-electron chi connectivity index (χ1n) is 12.6. The number of H-pyrrole nitrogens is 1. The second-order valence-corrected chi connectivity index (χ2v) is 9.72. The van der Waals surface area contributed by atoms with Crippen LogP contribution in [-0.2, 0) is 9.59 Å². The maximum absolute atomic E-state index is 13.3. The number of amides is 2. The maximum atomic E-state index is 13.3. The molecule has 1 aliphatic rings. The Labute approximate surface area is 217 Å². The molecule has 2 heterocycles. The van der Waals surface area contributed by atoms with Crippen LogP contribution in [0, 0.1) is 0 Å². The molecule has 1 aliphatic heterocycles. The van der Waals surface area contributed by atoms with Gasteiger partial charge in [-0.25, -0.2) is 0 Å². The molecule has 2 amide bonds. The summed E-state index contributed by atoms with van der Waals surface area (Å²) < 4.78 is 0. The number of hydrogen-bond donors (Lipinski definition) is 2. The third-order valence-electron chi connectivity index (χ3n) is 7.16. The minimum atomic E-state index is -0.329. The van der Waals surface area contributed by atoms with Crippen molar-refractivity contribution < 1.29 is 9.59 Å². The molecule has 0 bridgehead atoms. The topological polar surface area (TPSA) is 68.4 Å². The number of fused-ring (bicyclic) bond motifs is 2. The standard InChI is InChI=1S/C31H32N4O2/c1-21(36)35-17-16-22-8-4-5-9-25(22)30(35)18-31(37)33-19-27(23-12-14-24(15-13-23)34(2)3)28-20-32-29-11-7-6-10-26(28)29/h4-17,20,27,30,32H,18-19H2,1-3H3,(H,33,37)/t27-,30-/m1/s1. The summed E-state index contributed by atoms with van der Waals surface area (Å²) in [6, 6.07) is 24.3. The number of carbonyl (C=O) groups is 2. The predicted molar refractivity (Wildman–Crippen MR) is 149 cm³/mol. The van der Waals surface area contributed by atoms with Crippen molar-refractivity contribution in [2.45, 2.75) is 25.3 Å². The van der Waals surface area contributed by atoms with Gasteiger partial charge in [0.05, 0.1) is 12.5 Å². The summed E-state index contributed by atoms with van der Waals surface area (Å²) in [4.78, 5) is 32.8. The minimum absolute atomic E-state index is 0.0289. The molecule has 0 saturated heterocycles. The fraction of sp³-hybridized carbons (Fsp3) is 0.226. The molecule has 0 spiro atoms. The Bertz CT molecular complexity index is 1450. The van der Waals surface area contributed by atoms with Crippen molar-refractivity contribution in [3.05, 3.63) is 107 Å². The van der Waals surface area contributed by atoms with E-state index in [1.807, 2.05) is 62.8 Å². The number of rotatable bonds is 7. The van der Waals surface area contributed by atoms with Crippen LogP contribution >= 0.6 is 0 Å². The van der Waals surface area contributed by atoms with E-state index in [2.05, 4.69) is 51.6 Å². The van der Waals surface area contributed by atoms with Gasteiger partial charge in [-0.15, -0.1) is 0 Å². The van der Waals surface area contributed by atoms with E-state index in [0.717, 1.165) is 38.8 Å². The Kier molecular flexibility index (Phi) is 6.82. The molecule has 2 atom stereocenters. The molecule has 3 aromatic carbocycles. The Morgan fingerprint density at radius 1 is 1.00 bits per heavy atom. The third kappa shape index (κ3) is 5.00. The average molecular weight is 493 g/mol. The molecule has 0 saturated carbocycles. The van der Waals surface area contributed by atoms with E-state index in [1.54, 1.807) is 11.1 Å². The van der Waals surface area contributed by atoms with Crippen molar-refractivity contribution in [1.82, 2.24) is 15.2 Å². The summed E-state index contributed by atoms with van der Waals surface area (Å²) >= 11 is 0. The Morgan fingerprint density at radius 3 is 2.49 bits per heavy atom. The number of benzene rings is 3. The van der Waals surface area contributed by atoms with Crippen LogP contribution in [0.25, 0.3) is 17.0 Å². The SMILES string of the molecule is CC(=O)N1C=Cc2ccccc2[C@H]1CC(=O)NC[C@H](c1ccc(N(C)C)cc1)c1c[nH]c2ccccc12. The van der Waals surface area contributed by atoms with Crippen LogP contribution in [0.1, 0.15) is 47.6 Å². The molecule has 6 nitrogen and oxygen atoms in total. The van der Waals surface area contributed by atoms with Gasteiger partial charge >= 0.3 is 0 Å². The lowest BCUT2D eigenvalue weighted by Crippen LogP contribution is -2.36. The van der Waals surface area contributed by atoms with Gasteiger partial charge in [-0.05, 0) is 46.5 Å². The first kappa shape index (κ1) is 24.4. The van der Waals surface area contributed by atoms with E-state index in [9.17, 15) is 9.59 Å². The second-order valence-electron chi connectivity index (χ2n) is 9.72. The molecule has 0 radical (unpaired) electrons. The van der Waals surface area contributed by atoms with E-state index in [4.69, 9.17) is 0 Å². The third-order valence-corrected chi connectivity index (χ3v) is 7.16. The van der Waals surface area contributed by atoms with Crippen molar-refractivity contribution >= 4 is 34.5 Å². The Balaban J connectivity index is 1.40. The molecule has 4 aromatic rings. The molecule has 188 valence electrons. The highest BCUT2D eigenvalue weighted by atomic mass is 16.2. The number of anilines is 1. The van der Waals surface area contributed by atoms with Crippen molar-refractivity contribution in [2.75, 3.05) is 25.5 Å². The average Bonchev–Trinajstić information content (AvgIpc) is 3.33. The molecule has 0 aliphatic carbocycles. The number of nitrogens with zero attached hydrogens (tertiary/aromatic N) is 2. The van der Waals surface area contributed by atoms with Crippen LogP contribution in [0.4, 0.5) is 5.69 Å². The van der Waals surface area contributed by atoms with Gasteiger partial charge in [0.1, 0.15) is 0 Å². The summed E-state index contributed by atoms with van der Waals surface area (Å²) in [5, 5.41) is 4.33. The van der Waals surface area contributed by atoms with Crippen LogP contribution < -0.4 is 10.2 Å². The number of carbonyl (C=O) groups excluding carboxylic acids is 2. The number of para-hydroxylation sites is 1. The van der Waals surface area contributed by atoms with E-state index in [0.29, 0.717) is 6.54 Å². The van der Waals surface area contributed by atoms with Crippen molar-refractivity contribution in [3.63, 3.8) is 0 Å².